The van der Waals surface area contributed by atoms with E-state index < -0.39 is 0 Å². The maximum atomic E-state index is 4.67. The van der Waals surface area contributed by atoms with E-state index in [0.29, 0.717) is 0 Å². The van der Waals surface area contributed by atoms with Gasteiger partial charge in [-0.1, -0.05) is 25.0 Å². The minimum absolute atomic E-state index is 1.02. The van der Waals surface area contributed by atoms with Crippen LogP contribution < -0.4 is 0 Å². The lowest BCUT2D eigenvalue weighted by Gasteiger charge is -2.21. The Labute approximate surface area is 148 Å². The fourth-order valence-corrected chi connectivity index (χ4v) is 3.97. The van der Waals surface area contributed by atoms with Gasteiger partial charge in [-0.3, -0.25) is 3.97 Å². The van der Waals surface area contributed by atoms with Gasteiger partial charge in [0.2, 0.25) is 0 Å². The van der Waals surface area contributed by atoms with E-state index in [1.807, 2.05) is 3.97 Å². The molecule has 0 unspecified atom stereocenters. The van der Waals surface area contributed by atoms with Gasteiger partial charge in [0.05, 0.1) is 5.52 Å². The number of rotatable bonds is 2. The monoisotopic (exact) mass is 337 g/mol. The smallest absolute Gasteiger partial charge is 0.0616 e. The summed E-state index contributed by atoms with van der Waals surface area (Å²) in [4.78, 5) is 2.35. The lowest BCUT2D eigenvalue weighted by molar-refractivity contribution is 0.370. The van der Waals surface area contributed by atoms with Gasteiger partial charge < -0.3 is 9.47 Å². The second-order valence-electron chi connectivity index (χ2n) is 6.78. The first-order chi connectivity index (χ1) is 11.5. The van der Waals surface area contributed by atoms with E-state index in [1.54, 1.807) is 0 Å². The molecule has 3 aromatic rings. The second-order valence-corrected chi connectivity index (χ2v) is 7.21. The van der Waals surface area contributed by atoms with Crippen LogP contribution in [-0.4, -0.2) is 33.6 Å². The van der Waals surface area contributed by atoms with E-state index in [-0.39, 0.29) is 0 Å². The van der Waals surface area contributed by atoms with E-state index >= 15 is 0 Å². The van der Waals surface area contributed by atoms with Crippen LogP contribution in [0.1, 0.15) is 23.4 Å². The molecule has 0 saturated carbocycles. The van der Waals surface area contributed by atoms with Gasteiger partial charge in [0.25, 0.3) is 0 Å². The van der Waals surface area contributed by atoms with Crippen molar-refractivity contribution in [2.45, 2.75) is 20.3 Å². The van der Waals surface area contributed by atoms with Crippen LogP contribution in [0.3, 0.4) is 0 Å². The zero-order valence-corrected chi connectivity index (χ0v) is 15.3. The lowest BCUT2D eigenvalue weighted by atomic mass is 9.99. The van der Waals surface area contributed by atoms with Gasteiger partial charge in [0, 0.05) is 47.3 Å². The molecule has 0 saturated heterocycles. The highest BCUT2D eigenvalue weighted by Gasteiger charge is 2.16. The maximum Gasteiger partial charge on any atom is 0.0616 e. The van der Waals surface area contributed by atoms with E-state index in [1.165, 1.54) is 33.6 Å². The fraction of sp³-hybridized carbons (Fsp3) is 0.300. The van der Waals surface area contributed by atoms with Gasteiger partial charge in [-0.2, -0.15) is 0 Å². The molecule has 3 heterocycles. The van der Waals surface area contributed by atoms with Crippen molar-refractivity contribution in [2.24, 2.45) is 0 Å². The molecule has 0 radical (unpaired) electrons. The molecule has 0 N–H and O–H groups in total. The van der Waals surface area contributed by atoms with Gasteiger partial charge in [-0.05, 0) is 57.2 Å². The van der Waals surface area contributed by atoms with Crippen LogP contribution in [0.5, 0.6) is 0 Å². The Bertz CT molecular complexity index is 926. The predicted octanol–water partition coefficient (Wildman–Crippen LogP) is 4.46. The van der Waals surface area contributed by atoms with Crippen molar-refractivity contribution in [3.63, 3.8) is 0 Å². The number of fused-ring (bicyclic) bond motifs is 1. The van der Waals surface area contributed by atoms with Gasteiger partial charge in [-0.25, -0.2) is 0 Å². The number of hydrogen-bond acceptors (Lipinski definition) is 2. The Hall–Kier alpha value is -1.91. The number of nitrogens with zero attached hydrogens (tertiary/aromatic N) is 3. The minimum atomic E-state index is 1.02. The maximum absolute atomic E-state index is 4.67. The van der Waals surface area contributed by atoms with Crippen molar-refractivity contribution in [2.75, 3.05) is 20.1 Å². The van der Waals surface area contributed by atoms with Crippen molar-refractivity contribution in [3.8, 4) is 5.69 Å². The number of thiol groups is 1. The molecule has 0 spiro atoms. The van der Waals surface area contributed by atoms with E-state index in [4.69, 9.17) is 0 Å². The summed E-state index contributed by atoms with van der Waals surface area (Å²) >= 11 is 4.67. The third kappa shape index (κ3) is 2.50. The average Bonchev–Trinajstić information content (AvgIpc) is 3.08. The summed E-state index contributed by atoms with van der Waals surface area (Å²) in [6.07, 6.45) is 5.60. The normalized spacial score (nSPS) is 15.9. The molecule has 0 aliphatic carbocycles. The number of aromatic nitrogens is 2. The predicted molar refractivity (Wildman–Crippen MR) is 105 cm³/mol. The molecule has 1 aliphatic heterocycles. The summed E-state index contributed by atoms with van der Waals surface area (Å²) in [6.45, 7) is 6.43. The Morgan fingerprint density at radius 3 is 2.46 bits per heavy atom. The summed E-state index contributed by atoms with van der Waals surface area (Å²) in [6, 6.07) is 11.0. The molecule has 124 valence electrons. The SMILES string of the molecule is Cc1ccc(C)n1-c1ccc2c(C3=CCN(C)CC3)cn(S)c2c1. The summed E-state index contributed by atoms with van der Waals surface area (Å²) in [7, 11) is 2.17. The van der Waals surface area contributed by atoms with Crippen LogP contribution in [0.2, 0.25) is 0 Å². The molecule has 2 aromatic heterocycles. The molecule has 4 heteroatoms. The Balaban J connectivity index is 1.84. The highest BCUT2D eigenvalue weighted by atomic mass is 32.1. The molecular formula is C20H23N3S. The van der Waals surface area contributed by atoms with E-state index in [2.05, 4.69) is 85.8 Å². The largest absolute Gasteiger partial charge is 0.318 e. The van der Waals surface area contributed by atoms with Crippen molar-refractivity contribution in [1.82, 2.24) is 13.4 Å². The fourth-order valence-electron chi connectivity index (χ4n) is 3.68. The number of aryl methyl sites for hydroxylation is 2. The van der Waals surface area contributed by atoms with Crippen molar-refractivity contribution >= 4 is 29.3 Å². The minimum Gasteiger partial charge on any atom is -0.318 e. The van der Waals surface area contributed by atoms with Crippen LogP contribution in [0.25, 0.3) is 22.2 Å². The molecule has 0 atom stereocenters. The van der Waals surface area contributed by atoms with Crippen LogP contribution in [-0.2, 0) is 0 Å². The molecular weight excluding hydrogens is 314 g/mol. The molecule has 0 amide bonds. The van der Waals surface area contributed by atoms with Crippen molar-refractivity contribution < 1.29 is 0 Å². The zero-order chi connectivity index (χ0) is 16.8. The highest BCUT2D eigenvalue weighted by molar-refractivity contribution is 7.78. The zero-order valence-electron chi connectivity index (χ0n) is 14.5. The first-order valence-electron chi connectivity index (χ1n) is 8.42. The Morgan fingerprint density at radius 1 is 1.04 bits per heavy atom. The standard InChI is InChI=1S/C20H23N3S/c1-14-4-5-15(2)23(14)17-6-7-18-19(13-22(24)20(18)12-17)16-8-10-21(3)11-9-16/h4-8,12-13,24H,9-11H2,1-3H3. The molecule has 1 aliphatic rings. The second kappa shape index (κ2) is 5.87. The molecule has 4 rings (SSSR count). The molecule has 1 aromatic carbocycles. The molecule has 0 fully saturated rings. The van der Waals surface area contributed by atoms with E-state index in [0.717, 1.165) is 25.0 Å². The number of benzene rings is 1. The van der Waals surface area contributed by atoms with Crippen LogP contribution in [0.4, 0.5) is 0 Å². The van der Waals surface area contributed by atoms with Gasteiger partial charge in [-0.15, -0.1) is 0 Å². The first kappa shape index (κ1) is 15.6. The summed E-state index contributed by atoms with van der Waals surface area (Å²) in [5.74, 6) is 0. The lowest BCUT2D eigenvalue weighted by Crippen LogP contribution is -2.23. The van der Waals surface area contributed by atoms with Crippen LogP contribution >= 0.6 is 12.8 Å². The van der Waals surface area contributed by atoms with Gasteiger partial charge >= 0.3 is 0 Å². The molecule has 3 nitrogen and oxygen atoms in total. The summed E-state index contributed by atoms with van der Waals surface area (Å²) < 4.78 is 4.25. The van der Waals surface area contributed by atoms with Crippen LogP contribution in [0, 0.1) is 13.8 Å². The van der Waals surface area contributed by atoms with Gasteiger partial charge in [0.15, 0.2) is 0 Å². The number of likely N-dealkylation sites (N-methyl/N-ethyl adjacent to an activating group) is 1. The number of hydrogen-bond donors (Lipinski definition) is 1. The highest BCUT2D eigenvalue weighted by Crippen LogP contribution is 2.33. The Morgan fingerprint density at radius 2 is 1.79 bits per heavy atom. The third-order valence-corrected chi connectivity index (χ3v) is 5.39. The van der Waals surface area contributed by atoms with Gasteiger partial charge in [0.1, 0.15) is 0 Å². The van der Waals surface area contributed by atoms with Crippen molar-refractivity contribution in [1.29, 1.82) is 0 Å². The quantitative estimate of drug-likeness (QED) is 0.681. The van der Waals surface area contributed by atoms with E-state index in [9.17, 15) is 0 Å². The average molecular weight is 337 g/mol. The summed E-state index contributed by atoms with van der Waals surface area (Å²) in [5.41, 5.74) is 7.62. The third-order valence-electron chi connectivity index (χ3n) is 5.06. The molecule has 0 bridgehead atoms. The molecule has 24 heavy (non-hydrogen) atoms. The topological polar surface area (TPSA) is 13.1 Å². The Kier molecular flexibility index (Phi) is 3.82. The first-order valence-corrected chi connectivity index (χ1v) is 8.82. The van der Waals surface area contributed by atoms with Crippen LogP contribution in [0.15, 0.2) is 42.6 Å². The van der Waals surface area contributed by atoms with Crippen molar-refractivity contribution in [3.05, 3.63) is 59.6 Å². The summed E-state index contributed by atoms with van der Waals surface area (Å²) in [5, 5.41) is 1.28.